The molecule has 142 valence electrons. The molecule has 2 aliphatic heterocycles. The van der Waals surface area contributed by atoms with Crippen LogP contribution in [-0.2, 0) is 14.6 Å². The fraction of sp³-hybridized carbons (Fsp3) is 0.350. The van der Waals surface area contributed by atoms with Gasteiger partial charge >= 0.3 is 0 Å². The number of sulfone groups is 1. The van der Waals surface area contributed by atoms with Gasteiger partial charge in [0.25, 0.3) is 0 Å². The van der Waals surface area contributed by atoms with Gasteiger partial charge in [-0.25, -0.2) is 8.42 Å². The van der Waals surface area contributed by atoms with E-state index in [4.69, 9.17) is 16.3 Å². The Morgan fingerprint density at radius 1 is 1.15 bits per heavy atom. The van der Waals surface area contributed by atoms with Gasteiger partial charge in [-0.1, -0.05) is 17.7 Å². The van der Waals surface area contributed by atoms with Crippen LogP contribution in [0.5, 0.6) is 5.75 Å². The number of ether oxygens (including phenoxy) is 1. The molecule has 0 radical (unpaired) electrons. The minimum Gasteiger partial charge on any atom is -0.468 e. The van der Waals surface area contributed by atoms with Crippen LogP contribution in [0.15, 0.2) is 41.3 Å². The van der Waals surface area contributed by atoms with Crippen LogP contribution in [-0.4, -0.2) is 25.3 Å². The van der Waals surface area contributed by atoms with Crippen molar-refractivity contribution in [3.63, 3.8) is 0 Å². The molecule has 3 atom stereocenters. The van der Waals surface area contributed by atoms with E-state index in [1.807, 2.05) is 13.8 Å². The van der Waals surface area contributed by atoms with Crippen LogP contribution in [0, 0.1) is 13.8 Å². The highest BCUT2D eigenvalue weighted by atomic mass is 35.5. The molecular weight excluding hydrogens is 386 g/mol. The van der Waals surface area contributed by atoms with Crippen LogP contribution >= 0.6 is 11.6 Å². The SMILES string of the molecule is Cc1ccc(S(=O)(=O)[C@H]2C(=O)N[C@@]3(C)C[C@H]2c2cc(Cl)ccc2O3)cc1C. The number of carbonyl (C=O) groups excluding carboxylic acids is 1. The molecule has 2 heterocycles. The summed E-state index contributed by atoms with van der Waals surface area (Å²) in [5, 5.41) is 2.01. The number of halogens is 1. The number of carbonyl (C=O) groups is 1. The van der Waals surface area contributed by atoms with Crippen molar-refractivity contribution in [1.29, 1.82) is 0 Å². The Morgan fingerprint density at radius 3 is 2.59 bits per heavy atom. The maximum Gasteiger partial charge on any atom is 0.242 e. The second-order valence-corrected chi connectivity index (χ2v) is 10.0. The first kappa shape index (κ1) is 18.3. The van der Waals surface area contributed by atoms with Gasteiger partial charge in [-0.2, -0.15) is 0 Å². The summed E-state index contributed by atoms with van der Waals surface area (Å²) in [6.45, 7) is 5.53. The van der Waals surface area contributed by atoms with Gasteiger partial charge in [-0.3, -0.25) is 4.79 Å². The fourth-order valence-electron chi connectivity index (χ4n) is 3.97. The van der Waals surface area contributed by atoms with Gasteiger partial charge in [0.1, 0.15) is 5.75 Å². The average molecular weight is 406 g/mol. The number of benzene rings is 2. The number of nitrogens with one attached hydrogen (secondary N) is 1. The van der Waals surface area contributed by atoms with E-state index >= 15 is 0 Å². The van der Waals surface area contributed by atoms with Gasteiger partial charge in [0.2, 0.25) is 5.91 Å². The lowest BCUT2D eigenvalue weighted by Crippen LogP contribution is -2.63. The maximum absolute atomic E-state index is 13.4. The molecule has 2 bridgehead atoms. The lowest BCUT2D eigenvalue weighted by atomic mass is 9.81. The monoisotopic (exact) mass is 405 g/mol. The summed E-state index contributed by atoms with van der Waals surface area (Å²) in [4.78, 5) is 13.0. The molecule has 2 aliphatic rings. The minimum absolute atomic E-state index is 0.157. The van der Waals surface area contributed by atoms with Gasteiger partial charge < -0.3 is 10.1 Å². The molecule has 2 aromatic rings. The predicted octanol–water partition coefficient (Wildman–Crippen LogP) is 3.51. The molecule has 0 spiro atoms. The Hall–Kier alpha value is -2.05. The first-order valence-electron chi connectivity index (χ1n) is 8.72. The third-order valence-corrected chi connectivity index (χ3v) is 7.83. The second kappa shape index (κ2) is 5.97. The summed E-state index contributed by atoms with van der Waals surface area (Å²) in [6.07, 6.45) is 0.362. The molecule has 2 aromatic carbocycles. The van der Waals surface area contributed by atoms with Crippen molar-refractivity contribution >= 4 is 27.3 Å². The van der Waals surface area contributed by atoms with E-state index in [0.717, 1.165) is 11.1 Å². The van der Waals surface area contributed by atoms with E-state index in [9.17, 15) is 13.2 Å². The minimum atomic E-state index is -3.89. The van der Waals surface area contributed by atoms with Gasteiger partial charge in [-0.15, -0.1) is 0 Å². The molecule has 1 N–H and O–H groups in total. The Labute approximate surface area is 163 Å². The highest BCUT2D eigenvalue weighted by Crippen LogP contribution is 2.47. The highest BCUT2D eigenvalue weighted by molar-refractivity contribution is 7.92. The normalized spacial score (nSPS) is 26.7. The van der Waals surface area contributed by atoms with E-state index in [1.165, 1.54) is 0 Å². The topological polar surface area (TPSA) is 72.5 Å². The Kier molecular flexibility index (Phi) is 4.05. The molecule has 7 heteroatoms. The highest BCUT2D eigenvalue weighted by Gasteiger charge is 2.54. The van der Waals surface area contributed by atoms with E-state index in [2.05, 4.69) is 5.32 Å². The maximum atomic E-state index is 13.4. The molecule has 4 rings (SSSR count). The van der Waals surface area contributed by atoms with Crippen molar-refractivity contribution in [3.8, 4) is 5.75 Å². The van der Waals surface area contributed by atoms with Gasteiger partial charge in [0.05, 0.1) is 4.90 Å². The van der Waals surface area contributed by atoms with Crippen molar-refractivity contribution < 1.29 is 17.9 Å². The third kappa shape index (κ3) is 2.91. The summed E-state index contributed by atoms with van der Waals surface area (Å²) in [5.74, 6) is -0.520. The lowest BCUT2D eigenvalue weighted by Gasteiger charge is -2.46. The number of hydrogen-bond acceptors (Lipinski definition) is 4. The van der Waals surface area contributed by atoms with E-state index in [1.54, 1.807) is 43.3 Å². The summed E-state index contributed by atoms with van der Waals surface area (Å²) in [5.41, 5.74) is 1.59. The van der Waals surface area contributed by atoms with Crippen molar-refractivity contribution in [2.24, 2.45) is 0 Å². The number of hydrogen-bond donors (Lipinski definition) is 1. The largest absolute Gasteiger partial charge is 0.468 e. The third-order valence-electron chi connectivity index (χ3n) is 5.47. The Morgan fingerprint density at radius 2 is 1.89 bits per heavy atom. The predicted molar refractivity (Wildman–Crippen MR) is 103 cm³/mol. The van der Waals surface area contributed by atoms with Crippen LogP contribution in [0.3, 0.4) is 0 Å². The summed E-state index contributed by atoms with van der Waals surface area (Å²) in [6, 6.07) is 10.1. The zero-order valence-corrected chi connectivity index (χ0v) is 16.8. The van der Waals surface area contributed by atoms with Crippen LogP contribution in [0.25, 0.3) is 0 Å². The number of aryl methyl sites for hydroxylation is 2. The summed E-state index contributed by atoms with van der Waals surface area (Å²) in [7, 11) is -3.89. The van der Waals surface area contributed by atoms with Crippen LogP contribution in [0.1, 0.15) is 36.0 Å². The van der Waals surface area contributed by atoms with E-state index in [0.29, 0.717) is 22.8 Å². The molecule has 0 aliphatic carbocycles. The van der Waals surface area contributed by atoms with Gasteiger partial charge in [-0.05, 0) is 62.2 Å². The van der Waals surface area contributed by atoms with E-state index in [-0.39, 0.29) is 4.90 Å². The first-order chi connectivity index (χ1) is 12.6. The Bertz CT molecular complexity index is 1070. The average Bonchev–Trinajstić information content (AvgIpc) is 2.57. The number of fused-ring (bicyclic) bond motifs is 4. The van der Waals surface area contributed by atoms with Crippen LogP contribution < -0.4 is 10.1 Å². The zero-order valence-electron chi connectivity index (χ0n) is 15.2. The first-order valence-corrected chi connectivity index (χ1v) is 10.6. The lowest BCUT2D eigenvalue weighted by molar-refractivity contribution is -0.132. The number of amides is 1. The van der Waals surface area contributed by atoms with Crippen LogP contribution in [0.4, 0.5) is 0 Å². The summed E-state index contributed by atoms with van der Waals surface area (Å²) < 4.78 is 32.8. The van der Waals surface area contributed by atoms with Crippen molar-refractivity contribution in [2.45, 2.75) is 49.0 Å². The van der Waals surface area contributed by atoms with Crippen molar-refractivity contribution in [2.75, 3.05) is 0 Å². The summed E-state index contributed by atoms with van der Waals surface area (Å²) >= 11 is 6.14. The smallest absolute Gasteiger partial charge is 0.242 e. The standard InChI is InChI=1S/C20H20ClNO4S/c1-11-4-6-14(8-12(11)2)27(24,25)18-16-10-20(3,22-19(18)23)26-17-7-5-13(21)9-15(16)17/h4-9,16,18H,10H2,1-3H3,(H,22,23)/t16-,18+,20+/m0/s1. The van der Waals surface area contributed by atoms with Crippen LogP contribution in [0.2, 0.25) is 5.02 Å². The van der Waals surface area contributed by atoms with Crippen molar-refractivity contribution in [3.05, 3.63) is 58.1 Å². The molecule has 1 saturated heterocycles. The molecule has 0 unspecified atom stereocenters. The molecule has 0 saturated carbocycles. The molecule has 5 nitrogen and oxygen atoms in total. The number of rotatable bonds is 2. The fourth-order valence-corrected chi connectivity index (χ4v) is 6.06. The molecular formula is C20H20ClNO4S. The zero-order chi connectivity index (χ0) is 19.6. The number of piperidine rings is 1. The van der Waals surface area contributed by atoms with E-state index < -0.39 is 32.6 Å². The molecule has 1 amide bonds. The van der Waals surface area contributed by atoms with Crippen molar-refractivity contribution in [1.82, 2.24) is 5.32 Å². The second-order valence-electron chi connectivity index (χ2n) is 7.53. The Balaban J connectivity index is 1.87. The molecule has 0 aromatic heterocycles. The molecule has 27 heavy (non-hydrogen) atoms. The van der Waals surface area contributed by atoms with Gasteiger partial charge in [0, 0.05) is 22.9 Å². The quantitative estimate of drug-likeness (QED) is 0.829. The van der Waals surface area contributed by atoms with Gasteiger partial charge in [0.15, 0.2) is 20.8 Å². The molecule has 1 fully saturated rings.